The van der Waals surface area contributed by atoms with E-state index in [9.17, 15) is 9.59 Å². The SMILES string of the molecule is CC(=O)c1cccc2nc(CC(=O)N3CCC4(CC3)OCCO4)cn12. The van der Waals surface area contributed by atoms with Crippen molar-refractivity contribution < 1.29 is 19.1 Å². The fraction of sp³-hybridized carbons (Fsp3) is 0.500. The predicted molar refractivity (Wildman–Crippen MR) is 89.3 cm³/mol. The third-order valence-corrected chi connectivity index (χ3v) is 4.93. The highest BCUT2D eigenvalue weighted by Gasteiger charge is 2.40. The summed E-state index contributed by atoms with van der Waals surface area (Å²) in [7, 11) is 0. The largest absolute Gasteiger partial charge is 0.347 e. The maximum atomic E-state index is 12.6. The summed E-state index contributed by atoms with van der Waals surface area (Å²) >= 11 is 0. The first-order valence-corrected chi connectivity index (χ1v) is 8.60. The molecule has 1 spiro atoms. The Balaban J connectivity index is 1.45. The van der Waals surface area contributed by atoms with Gasteiger partial charge < -0.3 is 14.4 Å². The molecule has 25 heavy (non-hydrogen) atoms. The quantitative estimate of drug-likeness (QED) is 0.789. The lowest BCUT2D eigenvalue weighted by molar-refractivity contribution is -0.187. The number of ketones is 1. The molecule has 2 fully saturated rings. The van der Waals surface area contributed by atoms with E-state index in [1.165, 1.54) is 6.92 Å². The molecular formula is C18H21N3O4. The van der Waals surface area contributed by atoms with Crippen LogP contribution >= 0.6 is 0 Å². The second-order valence-corrected chi connectivity index (χ2v) is 6.59. The lowest BCUT2D eigenvalue weighted by Gasteiger charge is -2.37. The Kier molecular flexibility index (Phi) is 4.05. The molecule has 132 valence electrons. The van der Waals surface area contributed by atoms with Gasteiger partial charge in [0.25, 0.3) is 0 Å². The molecule has 7 nitrogen and oxygen atoms in total. The first kappa shape index (κ1) is 16.2. The maximum absolute atomic E-state index is 12.6. The number of hydrogen-bond acceptors (Lipinski definition) is 5. The maximum Gasteiger partial charge on any atom is 0.228 e. The van der Waals surface area contributed by atoms with E-state index in [1.807, 2.05) is 11.0 Å². The van der Waals surface area contributed by atoms with E-state index in [-0.39, 0.29) is 18.1 Å². The number of carbonyl (C=O) groups is 2. The number of imidazole rings is 1. The van der Waals surface area contributed by atoms with Gasteiger partial charge in [0.2, 0.25) is 5.91 Å². The smallest absolute Gasteiger partial charge is 0.228 e. The standard InChI is InChI=1S/C18H21N3O4/c1-13(22)15-3-2-4-16-19-14(12-21(15)16)11-17(23)20-7-5-18(6-8-20)24-9-10-25-18/h2-4,12H,5-11H2,1H3. The third kappa shape index (κ3) is 3.05. The van der Waals surface area contributed by atoms with Gasteiger partial charge in [-0.05, 0) is 12.1 Å². The molecule has 7 heteroatoms. The molecule has 0 bridgehead atoms. The van der Waals surface area contributed by atoms with E-state index in [1.54, 1.807) is 22.7 Å². The van der Waals surface area contributed by atoms with Gasteiger partial charge in [0.05, 0.1) is 31.0 Å². The van der Waals surface area contributed by atoms with Crippen LogP contribution in [0.5, 0.6) is 0 Å². The Morgan fingerprint density at radius 2 is 1.92 bits per heavy atom. The zero-order valence-electron chi connectivity index (χ0n) is 14.2. The number of rotatable bonds is 3. The average Bonchev–Trinajstić information content (AvgIpc) is 3.21. The second-order valence-electron chi connectivity index (χ2n) is 6.59. The van der Waals surface area contributed by atoms with E-state index in [4.69, 9.17) is 9.47 Å². The van der Waals surface area contributed by atoms with Gasteiger partial charge in [0.15, 0.2) is 11.6 Å². The fourth-order valence-electron chi connectivity index (χ4n) is 3.58. The monoisotopic (exact) mass is 343 g/mol. The topological polar surface area (TPSA) is 73.1 Å². The number of nitrogens with zero attached hydrogens (tertiary/aromatic N) is 3. The molecule has 2 saturated heterocycles. The van der Waals surface area contributed by atoms with Crippen LogP contribution in [-0.4, -0.2) is 58.1 Å². The van der Waals surface area contributed by atoms with Crippen LogP contribution in [0.2, 0.25) is 0 Å². The van der Waals surface area contributed by atoms with Crippen LogP contribution in [-0.2, 0) is 20.7 Å². The molecular weight excluding hydrogens is 322 g/mol. The van der Waals surface area contributed by atoms with Crippen LogP contribution < -0.4 is 0 Å². The molecule has 0 N–H and O–H groups in total. The number of pyridine rings is 1. The van der Waals surface area contributed by atoms with Gasteiger partial charge in [-0.25, -0.2) is 4.98 Å². The van der Waals surface area contributed by atoms with Gasteiger partial charge in [-0.2, -0.15) is 0 Å². The predicted octanol–water partition coefficient (Wildman–Crippen LogP) is 1.44. The molecule has 4 heterocycles. The van der Waals surface area contributed by atoms with Crippen molar-refractivity contribution in [2.45, 2.75) is 32.0 Å². The van der Waals surface area contributed by atoms with E-state index in [2.05, 4.69) is 4.98 Å². The molecule has 2 aromatic rings. The van der Waals surface area contributed by atoms with Crippen LogP contribution in [0.1, 0.15) is 35.9 Å². The van der Waals surface area contributed by atoms with Gasteiger partial charge >= 0.3 is 0 Å². The van der Waals surface area contributed by atoms with Crippen molar-refractivity contribution in [2.75, 3.05) is 26.3 Å². The molecule has 1 amide bonds. The summed E-state index contributed by atoms with van der Waals surface area (Å²) in [4.78, 5) is 30.6. The van der Waals surface area contributed by atoms with E-state index in [0.29, 0.717) is 56.2 Å². The Hall–Kier alpha value is -2.25. The summed E-state index contributed by atoms with van der Waals surface area (Å²) in [6.07, 6.45) is 3.42. The summed E-state index contributed by atoms with van der Waals surface area (Å²) in [5.41, 5.74) is 1.92. The van der Waals surface area contributed by atoms with Crippen LogP contribution in [0.15, 0.2) is 24.4 Å². The van der Waals surface area contributed by atoms with Crippen molar-refractivity contribution in [3.8, 4) is 0 Å². The van der Waals surface area contributed by atoms with Crippen LogP contribution in [0.4, 0.5) is 0 Å². The zero-order chi connectivity index (χ0) is 17.4. The number of piperidine rings is 1. The van der Waals surface area contributed by atoms with Crippen LogP contribution in [0.3, 0.4) is 0 Å². The van der Waals surface area contributed by atoms with Crippen molar-refractivity contribution in [3.05, 3.63) is 35.8 Å². The lowest BCUT2D eigenvalue weighted by atomic mass is 10.0. The molecule has 4 rings (SSSR count). The Bertz CT molecular complexity index is 813. The molecule has 0 saturated carbocycles. The van der Waals surface area contributed by atoms with Crippen molar-refractivity contribution in [1.82, 2.24) is 14.3 Å². The van der Waals surface area contributed by atoms with Crippen molar-refractivity contribution in [3.63, 3.8) is 0 Å². The number of aromatic nitrogens is 2. The van der Waals surface area contributed by atoms with Crippen LogP contribution in [0, 0.1) is 0 Å². The second kappa shape index (κ2) is 6.24. The van der Waals surface area contributed by atoms with E-state index < -0.39 is 5.79 Å². The molecule has 0 radical (unpaired) electrons. The van der Waals surface area contributed by atoms with E-state index >= 15 is 0 Å². The molecule has 2 aromatic heterocycles. The normalized spacial score (nSPS) is 19.6. The number of fused-ring (bicyclic) bond motifs is 1. The number of ether oxygens (including phenoxy) is 2. The number of hydrogen-bond donors (Lipinski definition) is 0. The highest BCUT2D eigenvalue weighted by molar-refractivity contribution is 5.93. The summed E-state index contributed by atoms with van der Waals surface area (Å²) in [5.74, 6) is -0.463. The minimum absolute atomic E-state index is 0.0289. The summed E-state index contributed by atoms with van der Waals surface area (Å²) in [6.45, 7) is 4.05. The minimum Gasteiger partial charge on any atom is -0.347 e. The number of amides is 1. The highest BCUT2D eigenvalue weighted by Crippen LogP contribution is 2.31. The highest BCUT2D eigenvalue weighted by atomic mass is 16.7. The van der Waals surface area contributed by atoms with E-state index in [0.717, 1.165) is 0 Å². The number of likely N-dealkylation sites (tertiary alicyclic amines) is 1. The Morgan fingerprint density at radius 1 is 1.20 bits per heavy atom. The van der Waals surface area contributed by atoms with Crippen LogP contribution in [0.25, 0.3) is 5.65 Å². The average molecular weight is 343 g/mol. The first-order chi connectivity index (χ1) is 12.1. The molecule has 0 unspecified atom stereocenters. The van der Waals surface area contributed by atoms with Gasteiger partial charge in [-0.15, -0.1) is 0 Å². The number of carbonyl (C=O) groups excluding carboxylic acids is 2. The van der Waals surface area contributed by atoms with Crippen molar-refractivity contribution >= 4 is 17.3 Å². The zero-order valence-corrected chi connectivity index (χ0v) is 14.2. The summed E-state index contributed by atoms with van der Waals surface area (Å²) < 4.78 is 13.1. The van der Waals surface area contributed by atoms with Gasteiger partial charge in [0.1, 0.15) is 5.65 Å². The number of Topliss-reactive ketones (excluding diaryl/α,β-unsaturated/α-hetero) is 1. The first-order valence-electron chi connectivity index (χ1n) is 8.60. The minimum atomic E-state index is -0.476. The molecule has 2 aliphatic rings. The third-order valence-electron chi connectivity index (χ3n) is 4.93. The molecule has 0 aliphatic carbocycles. The Morgan fingerprint density at radius 3 is 2.60 bits per heavy atom. The van der Waals surface area contributed by atoms with Gasteiger partial charge in [-0.1, -0.05) is 6.07 Å². The lowest BCUT2D eigenvalue weighted by Crippen LogP contribution is -2.47. The van der Waals surface area contributed by atoms with Crippen molar-refractivity contribution in [1.29, 1.82) is 0 Å². The molecule has 2 aliphatic heterocycles. The summed E-state index contributed by atoms with van der Waals surface area (Å²) in [5, 5.41) is 0. The fourth-order valence-corrected chi connectivity index (χ4v) is 3.58. The van der Waals surface area contributed by atoms with Crippen molar-refractivity contribution in [2.24, 2.45) is 0 Å². The Labute approximate surface area is 145 Å². The molecule has 0 aromatic carbocycles. The summed E-state index contributed by atoms with van der Waals surface area (Å²) in [6, 6.07) is 5.39. The van der Waals surface area contributed by atoms with Gasteiger partial charge in [0, 0.05) is 39.1 Å². The molecule has 0 atom stereocenters. The van der Waals surface area contributed by atoms with Gasteiger partial charge in [-0.3, -0.25) is 14.0 Å².